The molecule has 1 atom stereocenters. The van der Waals surface area contributed by atoms with Gasteiger partial charge in [0, 0.05) is 18.3 Å². The summed E-state index contributed by atoms with van der Waals surface area (Å²) in [5.74, 6) is 1.02. The molecule has 1 fully saturated rings. The van der Waals surface area contributed by atoms with E-state index in [1.165, 1.54) is 4.90 Å². The molecule has 2 amide bonds. The number of hydrogen-bond donors (Lipinski definition) is 1. The molecular weight excluding hydrogens is 348 g/mol. The van der Waals surface area contributed by atoms with Crippen LogP contribution in [0.25, 0.3) is 0 Å². The Morgan fingerprint density at radius 2 is 1.93 bits per heavy atom. The minimum Gasteiger partial charge on any atom is -0.454 e. The fourth-order valence-electron chi connectivity index (χ4n) is 3.26. The van der Waals surface area contributed by atoms with Crippen LogP contribution in [0.1, 0.15) is 18.4 Å². The summed E-state index contributed by atoms with van der Waals surface area (Å²) in [5.41, 5.74) is 1.51. The van der Waals surface area contributed by atoms with Gasteiger partial charge in [-0.2, -0.15) is 0 Å². The lowest BCUT2D eigenvalue weighted by Gasteiger charge is -2.23. The number of benzene rings is 2. The van der Waals surface area contributed by atoms with Gasteiger partial charge in [-0.1, -0.05) is 30.3 Å². The van der Waals surface area contributed by atoms with Crippen molar-refractivity contribution in [2.75, 3.05) is 18.7 Å². The van der Waals surface area contributed by atoms with E-state index >= 15 is 0 Å². The highest BCUT2D eigenvalue weighted by Crippen LogP contribution is 2.34. The van der Waals surface area contributed by atoms with Gasteiger partial charge in [0.25, 0.3) is 0 Å². The van der Waals surface area contributed by atoms with E-state index in [9.17, 15) is 9.59 Å². The lowest BCUT2D eigenvalue weighted by Crippen LogP contribution is -2.43. The predicted molar refractivity (Wildman–Crippen MR) is 97.5 cm³/mol. The molecule has 2 heterocycles. The van der Waals surface area contributed by atoms with Crippen LogP contribution in [0, 0.1) is 0 Å². The van der Waals surface area contributed by atoms with Gasteiger partial charge in [-0.05, 0) is 30.5 Å². The number of nitrogens with one attached hydrogen (secondary N) is 1. The molecule has 0 aromatic heterocycles. The molecule has 140 valence electrons. The summed E-state index contributed by atoms with van der Waals surface area (Å²) < 4.78 is 16.0. The van der Waals surface area contributed by atoms with E-state index < -0.39 is 12.1 Å². The van der Waals surface area contributed by atoms with Crippen LogP contribution in [0.15, 0.2) is 48.5 Å². The first-order valence-corrected chi connectivity index (χ1v) is 8.88. The molecule has 27 heavy (non-hydrogen) atoms. The van der Waals surface area contributed by atoms with E-state index in [4.69, 9.17) is 14.2 Å². The summed E-state index contributed by atoms with van der Waals surface area (Å²) in [6, 6.07) is 14.1. The predicted octanol–water partition coefficient (Wildman–Crippen LogP) is 3.16. The van der Waals surface area contributed by atoms with Crippen molar-refractivity contribution >= 4 is 17.7 Å². The SMILES string of the molecule is O=C(Nc1ccc2c(c1)OCO2)[C@H]1CCCN1C(=O)OCc1ccccc1. The molecule has 0 spiro atoms. The Hall–Kier alpha value is -3.22. The number of likely N-dealkylation sites (tertiary alicyclic amines) is 1. The van der Waals surface area contributed by atoms with E-state index in [1.807, 2.05) is 30.3 Å². The number of nitrogens with zero attached hydrogens (tertiary/aromatic N) is 1. The number of fused-ring (bicyclic) bond motifs is 1. The van der Waals surface area contributed by atoms with Crippen LogP contribution in [-0.2, 0) is 16.1 Å². The second kappa shape index (κ2) is 7.57. The molecule has 0 aliphatic carbocycles. The van der Waals surface area contributed by atoms with Crippen LogP contribution in [0.2, 0.25) is 0 Å². The topological polar surface area (TPSA) is 77.1 Å². The average molecular weight is 368 g/mol. The van der Waals surface area contributed by atoms with E-state index in [-0.39, 0.29) is 19.3 Å². The highest BCUT2D eigenvalue weighted by atomic mass is 16.7. The maximum absolute atomic E-state index is 12.7. The number of carbonyl (C=O) groups excluding carboxylic acids is 2. The molecule has 4 rings (SSSR count). The van der Waals surface area contributed by atoms with Crippen LogP contribution < -0.4 is 14.8 Å². The van der Waals surface area contributed by atoms with Crippen LogP contribution >= 0.6 is 0 Å². The monoisotopic (exact) mass is 368 g/mol. The summed E-state index contributed by atoms with van der Waals surface area (Å²) >= 11 is 0. The molecule has 7 heteroatoms. The number of ether oxygens (including phenoxy) is 3. The summed E-state index contributed by atoms with van der Waals surface area (Å²) in [4.78, 5) is 26.6. The Morgan fingerprint density at radius 1 is 1.11 bits per heavy atom. The van der Waals surface area contributed by atoms with E-state index in [0.29, 0.717) is 30.2 Å². The first-order chi connectivity index (χ1) is 13.2. The largest absolute Gasteiger partial charge is 0.454 e. The van der Waals surface area contributed by atoms with Gasteiger partial charge in [-0.15, -0.1) is 0 Å². The zero-order valence-corrected chi connectivity index (χ0v) is 14.7. The Balaban J connectivity index is 1.37. The highest BCUT2D eigenvalue weighted by Gasteiger charge is 2.35. The molecule has 1 saturated heterocycles. The molecule has 0 unspecified atom stereocenters. The van der Waals surface area contributed by atoms with Gasteiger partial charge in [0.05, 0.1) is 0 Å². The fourth-order valence-corrected chi connectivity index (χ4v) is 3.26. The molecule has 1 N–H and O–H groups in total. The third-order valence-corrected chi connectivity index (χ3v) is 4.64. The minimum atomic E-state index is -0.543. The summed E-state index contributed by atoms with van der Waals surface area (Å²) in [6.45, 7) is 0.871. The molecule has 0 radical (unpaired) electrons. The third kappa shape index (κ3) is 3.81. The Labute approximate surface area is 156 Å². The molecule has 7 nitrogen and oxygen atoms in total. The van der Waals surface area contributed by atoms with Gasteiger partial charge < -0.3 is 19.5 Å². The van der Waals surface area contributed by atoms with Crippen molar-refractivity contribution in [2.45, 2.75) is 25.5 Å². The third-order valence-electron chi connectivity index (χ3n) is 4.64. The summed E-state index contributed by atoms with van der Waals surface area (Å²) in [7, 11) is 0. The summed E-state index contributed by atoms with van der Waals surface area (Å²) in [5, 5.41) is 2.85. The van der Waals surface area contributed by atoms with Crippen LogP contribution in [0.5, 0.6) is 11.5 Å². The lowest BCUT2D eigenvalue weighted by molar-refractivity contribution is -0.120. The molecule has 2 aliphatic rings. The minimum absolute atomic E-state index is 0.177. The van der Waals surface area contributed by atoms with Gasteiger partial charge in [0.1, 0.15) is 12.6 Å². The Kier molecular flexibility index (Phi) is 4.82. The van der Waals surface area contributed by atoms with E-state index in [2.05, 4.69) is 5.32 Å². The van der Waals surface area contributed by atoms with Crippen molar-refractivity contribution in [3.63, 3.8) is 0 Å². The van der Waals surface area contributed by atoms with Crippen molar-refractivity contribution in [1.29, 1.82) is 0 Å². The number of carbonyl (C=O) groups is 2. The van der Waals surface area contributed by atoms with Crippen LogP contribution in [0.3, 0.4) is 0 Å². The van der Waals surface area contributed by atoms with Gasteiger partial charge in [-0.25, -0.2) is 4.79 Å². The molecule has 0 saturated carbocycles. The maximum Gasteiger partial charge on any atom is 0.410 e. The van der Waals surface area contributed by atoms with Gasteiger partial charge in [-0.3, -0.25) is 9.69 Å². The van der Waals surface area contributed by atoms with Crippen molar-refractivity contribution < 1.29 is 23.8 Å². The van der Waals surface area contributed by atoms with Crippen LogP contribution in [0.4, 0.5) is 10.5 Å². The summed E-state index contributed by atoms with van der Waals surface area (Å²) in [6.07, 6.45) is 0.901. The smallest absolute Gasteiger partial charge is 0.410 e. The zero-order valence-electron chi connectivity index (χ0n) is 14.7. The van der Waals surface area contributed by atoms with Gasteiger partial charge in [0.2, 0.25) is 12.7 Å². The first-order valence-electron chi connectivity index (χ1n) is 8.88. The standard InChI is InChI=1S/C20H20N2O5/c23-19(21-15-8-9-17-18(11-15)27-13-26-17)16-7-4-10-22(16)20(24)25-12-14-5-2-1-3-6-14/h1-3,5-6,8-9,11,16H,4,7,10,12-13H2,(H,21,23)/t16-/m1/s1. The van der Waals surface area contributed by atoms with Crippen molar-refractivity contribution in [2.24, 2.45) is 0 Å². The lowest BCUT2D eigenvalue weighted by atomic mass is 10.2. The first kappa shape index (κ1) is 17.2. The number of amides is 2. The second-order valence-corrected chi connectivity index (χ2v) is 6.45. The highest BCUT2D eigenvalue weighted by molar-refractivity contribution is 5.97. The second-order valence-electron chi connectivity index (χ2n) is 6.45. The van der Waals surface area contributed by atoms with Crippen molar-refractivity contribution in [3.05, 3.63) is 54.1 Å². The fraction of sp³-hybridized carbons (Fsp3) is 0.300. The van der Waals surface area contributed by atoms with Gasteiger partial charge in [0.15, 0.2) is 11.5 Å². The molecular formula is C20H20N2O5. The molecule has 2 aromatic carbocycles. The molecule has 2 aliphatic heterocycles. The van der Waals surface area contributed by atoms with Crippen LogP contribution in [-0.4, -0.2) is 36.3 Å². The average Bonchev–Trinajstić information content (AvgIpc) is 3.36. The maximum atomic E-state index is 12.7. The molecule has 0 bridgehead atoms. The van der Waals surface area contributed by atoms with Gasteiger partial charge >= 0.3 is 6.09 Å². The number of hydrogen-bond acceptors (Lipinski definition) is 5. The number of rotatable bonds is 4. The zero-order chi connectivity index (χ0) is 18.6. The number of anilines is 1. The van der Waals surface area contributed by atoms with E-state index in [1.54, 1.807) is 18.2 Å². The Morgan fingerprint density at radius 3 is 2.78 bits per heavy atom. The van der Waals surface area contributed by atoms with Crippen molar-refractivity contribution in [1.82, 2.24) is 4.90 Å². The van der Waals surface area contributed by atoms with E-state index in [0.717, 1.165) is 12.0 Å². The Bertz CT molecular complexity index is 840. The normalized spacial score (nSPS) is 17.6. The quantitative estimate of drug-likeness (QED) is 0.897. The molecule has 2 aromatic rings. The van der Waals surface area contributed by atoms with Crippen molar-refractivity contribution in [3.8, 4) is 11.5 Å².